The Balaban J connectivity index is 1.66. The Labute approximate surface area is 166 Å². The van der Waals surface area contributed by atoms with Gasteiger partial charge in [-0.05, 0) is 19.4 Å². The van der Waals surface area contributed by atoms with E-state index in [1.165, 1.54) is 23.9 Å². The van der Waals surface area contributed by atoms with Crippen LogP contribution in [0.2, 0.25) is 0 Å². The molecule has 1 aromatic heterocycles. The van der Waals surface area contributed by atoms with E-state index in [2.05, 4.69) is 15.5 Å². The van der Waals surface area contributed by atoms with Gasteiger partial charge in [-0.3, -0.25) is 14.9 Å². The summed E-state index contributed by atoms with van der Waals surface area (Å²) in [6.45, 7) is 3.80. The molecule has 0 atom stereocenters. The average molecular weight is 397 g/mol. The molecule has 8 nitrogen and oxygen atoms in total. The third-order valence-corrected chi connectivity index (χ3v) is 5.20. The number of nitro benzene ring substituents is 1. The maximum atomic E-state index is 12.3. The fourth-order valence-electron chi connectivity index (χ4n) is 2.57. The molecule has 3 rings (SSSR count). The second kappa shape index (κ2) is 8.22. The van der Waals surface area contributed by atoms with Gasteiger partial charge in [0.15, 0.2) is 11.0 Å². The molecule has 1 amide bonds. The number of benzene rings is 2. The summed E-state index contributed by atoms with van der Waals surface area (Å²) in [7, 11) is 1.85. The number of carbonyl (C=O) groups excluding carboxylic acids is 1. The molecule has 1 heterocycles. The first-order valence-electron chi connectivity index (χ1n) is 8.49. The number of amides is 1. The molecular weight excluding hydrogens is 378 g/mol. The lowest BCUT2D eigenvalue weighted by Gasteiger charge is -2.08. The van der Waals surface area contributed by atoms with E-state index in [9.17, 15) is 14.9 Å². The van der Waals surface area contributed by atoms with Gasteiger partial charge in [-0.1, -0.05) is 47.7 Å². The van der Waals surface area contributed by atoms with Crippen LogP contribution in [0.1, 0.15) is 11.1 Å². The Morgan fingerprint density at radius 3 is 2.57 bits per heavy atom. The highest BCUT2D eigenvalue weighted by Crippen LogP contribution is 2.24. The lowest BCUT2D eigenvalue weighted by Crippen LogP contribution is -2.15. The van der Waals surface area contributed by atoms with Crippen molar-refractivity contribution < 1.29 is 9.72 Å². The van der Waals surface area contributed by atoms with Crippen molar-refractivity contribution >= 4 is 29.0 Å². The second-order valence-corrected chi connectivity index (χ2v) is 7.27. The van der Waals surface area contributed by atoms with Crippen LogP contribution in [0.25, 0.3) is 11.4 Å². The van der Waals surface area contributed by atoms with Gasteiger partial charge in [0, 0.05) is 24.7 Å². The van der Waals surface area contributed by atoms with Gasteiger partial charge in [-0.2, -0.15) is 0 Å². The summed E-state index contributed by atoms with van der Waals surface area (Å²) in [5.41, 5.74) is 3.23. The molecule has 0 aliphatic heterocycles. The van der Waals surface area contributed by atoms with Crippen LogP contribution >= 0.6 is 11.8 Å². The van der Waals surface area contributed by atoms with Crippen molar-refractivity contribution in [3.63, 3.8) is 0 Å². The molecule has 0 bridgehead atoms. The number of thioether (sulfide) groups is 1. The van der Waals surface area contributed by atoms with E-state index in [1.807, 2.05) is 42.8 Å². The summed E-state index contributed by atoms with van der Waals surface area (Å²) in [6, 6.07) is 12.3. The number of nitrogens with one attached hydrogen (secondary N) is 1. The van der Waals surface area contributed by atoms with Gasteiger partial charge >= 0.3 is 0 Å². The molecule has 2 aromatic carbocycles. The molecule has 144 valence electrons. The van der Waals surface area contributed by atoms with E-state index < -0.39 is 4.92 Å². The molecule has 0 aliphatic rings. The number of non-ortho nitro benzene ring substituents is 1. The molecule has 9 heteroatoms. The highest BCUT2D eigenvalue weighted by atomic mass is 32.2. The van der Waals surface area contributed by atoms with Crippen molar-refractivity contribution in [1.82, 2.24) is 14.8 Å². The van der Waals surface area contributed by atoms with Crippen molar-refractivity contribution in [3.05, 3.63) is 63.7 Å². The Morgan fingerprint density at radius 1 is 1.18 bits per heavy atom. The molecule has 0 unspecified atom stereocenters. The van der Waals surface area contributed by atoms with Crippen molar-refractivity contribution in [2.45, 2.75) is 19.0 Å². The number of carbonyl (C=O) groups is 1. The predicted molar refractivity (Wildman–Crippen MR) is 108 cm³/mol. The van der Waals surface area contributed by atoms with Gasteiger partial charge in [0.2, 0.25) is 5.91 Å². The van der Waals surface area contributed by atoms with Crippen molar-refractivity contribution in [2.24, 2.45) is 7.05 Å². The minimum Gasteiger partial charge on any atom is -0.325 e. The van der Waals surface area contributed by atoms with Crippen LogP contribution in [0.4, 0.5) is 11.4 Å². The van der Waals surface area contributed by atoms with Crippen LogP contribution in [-0.4, -0.2) is 31.3 Å². The first kappa shape index (κ1) is 19.6. The Kier molecular flexibility index (Phi) is 5.74. The summed E-state index contributed by atoms with van der Waals surface area (Å²) in [5, 5.41) is 22.6. The first-order valence-corrected chi connectivity index (χ1v) is 9.48. The molecule has 0 aliphatic carbocycles. The van der Waals surface area contributed by atoms with Gasteiger partial charge < -0.3 is 9.88 Å². The van der Waals surface area contributed by atoms with Gasteiger partial charge in [0.1, 0.15) is 0 Å². The summed E-state index contributed by atoms with van der Waals surface area (Å²) in [4.78, 5) is 22.7. The van der Waals surface area contributed by atoms with Crippen LogP contribution in [-0.2, 0) is 11.8 Å². The monoisotopic (exact) mass is 397 g/mol. The minimum atomic E-state index is -0.490. The average Bonchev–Trinajstić information content (AvgIpc) is 3.03. The zero-order chi connectivity index (χ0) is 20.3. The number of anilines is 1. The van der Waals surface area contributed by atoms with Gasteiger partial charge in [-0.15, -0.1) is 10.2 Å². The normalized spacial score (nSPS) is 10.7. The second-order valence-electron chi connectivity index (χ2n) is 6.32. The number of rotatable bonds is 6. The summed E-state index contributed by atoms with van der Waals surface area (Å²) < 4.78 is 1.83. The van der Waals surface area contributed by atoms with Gasteiger partial charge in [-0.25, -0.2) is 0 Å². The molecule has 0 radical (unpaired) electrons. The van der Waals surface area contributed by atoms with Crippen LogP contribution in [0, 0.1) is 24.0 Å². The minimum absolute atomic E-state index is 0.0652. The summed E-state index contributed by atoms with van der Waals surface area (Å²) in [6.07, 6.45) is 0. The van der Waals surface area contributed by atoms with E-state index in [0.29, 0.717) is 10.8 Å². The molecule has 28 heavy (non-hydrogen) atoms. The van der Waals surface area contributed by atoms with Crippen LogP contribution in [0.5, 0.6) is 0 Å². The van der Waals surface area contributed by atoms with Crippen molar-refractivity contribution in [3.8, 4) is 11.4 Å². The standard InChI is InChI=1S/C19H19N5O3S/c1-12-4-7-14(8-5-12)18-21-22-19(23(18)3)28-11-17(25)20-16-10-15(24(26)27)9-6-13(16)2/h4-10H,11H2,1-3H3,(H,20,25). The van der Waals surface area contributed by atoms with E-state index in [0.717, 1.165) is 22.5 Å². The molecule has 0 saturated carbocycles. The third-order valence-electron chi connectivity index (χ3n) is 4.18. The molecule has 0 saturated heterocycles. The topological polar surface area (TPSA) is 103 Å². The van der Waals surface area contributed by atoms with Crippen molar-refractivity contribution in [1.29, 1.82) is 0 Å². The van der Waals surface area contributed by atoms with Crippen LogP contribution < -0.4 is 5.32 Å². The van der Waals surface area contributed by atoms with E-state index in [-0.39, 0.29) is 17.3 Å². The number of aromatic nitrogens is 3. The molecule has 0 fully saturated rings. The summed E-state index contributed by atoms with van der Waals surface area (Å²) in [5.74, 6) is 0.563. The summed E-state index contributed by atoms with van der Waals surface area (Å²) >= 11 is 1.25. The number of hydrogen-bond donors (Lipinski definition) is 1. The number of nitro groups is 1. The Morgan fingerprint density at radius 2 is 1.89 bits per heavy atom. The lowest BCUT2D eigenvalue weighted by molar-refractivity contribution is -0.384. The molecular formula is C19H19N5O3S. The quantitative estimate of drug-likeness (QED) is 0.386. The van der Waals surface area contributed by atoms with E-state index in [4.69, 9.17) is 0 Å². The van der Waals surface area contributed by atoms with Crippen LogP contribution in [0.15, 0.2) is 47.6 Å². The Bertz CT molecular complexity index is 1030. The molecule has 3 aromatic rings. The highest BCUT2D eigenvalue weighted by molar-refractivity contribution is 7.99. The number of hydrogen-bond acceptors (Lipinski definition) is 6. The lowest BCUT2D eigenvalue weighted by atomic mass is 10.1. The number of nitrogens with zero attached hydrogens (tertiary/aromatic N) is 4. The maximum absolute atomic E-state index is 12.3. The largest absolute Gasteiger partial charge is 0.325 e. The molecule has 1 N–H and O–H groups in total. The van der Waals surface area contributed by atoms with Crippen LogP contribution in [0.3, 0.4) is 0 Å². The van der Waals surface area contributed by atoms with Crippen molar-refractivity contribution in [2.75, 3.05) is 11.1 Å². The third kappa shape index (κ3) is 4.37. The fraction of sp³-hybridized carbons (Fsp3) is 0.211. The first-order chi connectivity index (χ1) is 13.3. The number of aryl methyl sites for hydroxylation is 2. The zero-order valence-corrected chi connectivity index (χ0v) is 16.5. The van der Waals surface area contributed by atoms with E-state index in [1.54, 1.807) is 13.0 Å². The smallest absolute Gasteiger partial charge is 0.271 e. The SMILES string of the molecule is Cc1ccc(-c2nnc(SCC(=O)Nc3cc([N+](=O)[O-])ccc3C)n2C)cc1. The highest BCUT2D eigenvalue weighted by Gasteiger charge is 2.15. The molecule has 0 spiro atoms. The van der Waals surface area contributed by atoms with Gasteiger partial charge in [0.25, 0.3) is 5.69 Å². The zero-order valence-electron chi connectivity index (χ0n) is 15.7. The van der Waals surface area contributed by atoms with E-state index >= 15 is 0 Å². The van der Waals surface area contributed by atoms with Gasteiger partial charge in [0.05, 0.1) is 16.4 Å². The fourth-order valence-corrected chi connectivity index (χ4v) is 3.28. The predicted octanol–water partition coefficient (Wildman–Crippen LogP) is 3.74. The maximum Gasteiger partial charge on any atom is 0.271 e. The Hall–Kier alpha value is -3.20.